The first-order valence-electron chi connectivity index (χ1n) is 4.83. The summed E-state index contributed by atoms with van der Waals surface area (Å²) in [6, 6.07) is 5.33. The summed E-state index contributed by atoms with van der Waals surface area (Å²) >= 11 is 0. The van der Waals surface area contributed by atoms with E-state index in [0.717, 1.165) is 5.56 Å². The van der Waals surface area contributed by atoms with E-state index in [2.05, 4.69) is 5.32 Å². The maximum atomic E-state index is 10.8. The summed E-state index contributed by atoms with van der Waals surface area (Å²) in [7, 11) is 1.84. The molecule has 1 aromatic rings. The zero-order valence-corrected chi connectivity index (χ0v) is 9.50. The summed E-state index contributed by atoms with van der Waals surface area (Å²) in [5.74, 6) is 0. The van der Waals surface area contributed by atoms with Crippen molar-refractivity contribution in [3.05, 3.63) is 39.4 Å². The van der Waals surface area contributed by atoms with Crippen LogP contribution in [0.15, 0.2) is 18.2 Å². The molecule has 0 spiro atoms. The van der Waals surface area contributed by atoms with Crippen molar-refractivity contribution in [2.75, 3.05) is 7.05 Å². The number of hydrogen-bond donors (Lipinski definition) is 1. The molecular formula is C11H16N2O2. The van der Waals surface area contributed by atoms with Crippen LogP contribution >= 0.6 is 0 Å². The van der Waals surface area contributed by atoms with Crippen LogP contribution < -0.4 is 5.32 Å². The van der Waals surface area contributed by atoms with Gasteiger partial charge in [-0.05, 0) is 33.4 Å². The van der Waals surface area contributed by atoms with Gasteiger partial charge in [-0.2, -0.15) is 0 Å². The van der Waals surface area contributed by atoms with Gasteiger partial charge in [-0.3, -0.25) is 10.1 Å². The van der Waals surface area contributed by atoms with Crippen LogP contribution in [0.25, 0.3) is 0 Å². The molecule has 82 valence electrons. The lowest BCUT2D eigenvalue weighted by atomic mass is 9.93. The Bertz CT molecular complexity index is 386. The van der Waals surface area contributed by atoms with Gasteiger partial charge in [0, 0.05) is 17.2 Å². The van der Waals surface area contributed by atoms with Crippen LogP contribution in [0.4, 0.5) is 5.69 Å². The highest BCUT2D eigenvalue weighted by atomic mass is 16.6. The van der Waals surface area contributed by atoms with E-state index in [4.69, 9.17) is 0 Å². The fourth-order valence-corrected chi connectivity index (χ4v) is 1.34. The highest BCUT2D eigenvalue weighted by molar-refractivity contribution is 5.44. The molecular weight excluding hydrogens is 192 g/mol. The van der Waals surface area contributed by atoms with E-state index in [0.29, 0.717) is 5.56 Å². The Morgan fingerprint density at radius 2 is 2.00 bits per heavy atom. The molecule has 0 aliphatic carbocycles. The minimum Gasteiger partial charge on any atom is -0.311 e. The number of rotatable bonds is 3. The highest BCUT2D eigenvalue weighted by Crippen LogP contribution is 2.26. The second-order valence-corrected chi connectivity index (χ2v) is 4.13. The van der Waals surface area contributed by atoms with Crippen molar-refractivity contribution in [1.29, 1.82) is 0 Å². The third-order valence-corrected chi connectivity index (χ3v) is 2.75. The Kier molecular flexibility index (Phi) is 3.09. The van der Waals surface area contributed by atoms with Crippen LogP contribution in [-0.4, -0.2) is 12.0 Å². The molecule has 0 amide bonds. The molecule has 0 heterocycles. The lowest BCUT2D eigenvalue weighted by molar-refractivity contribution is -0.385. The molecule has 0 saturated carbocycles. The predicted molar refractivity (Wildman–Crippen MR) is 59.9 cm³/mol. The van der Waals surface area contributed by atoms with E-state index in [9.17, 15) is 10.1 Å². The molecule has 4 heteroatoms. The molecule has 1 rings (SSSR count). The topological polar surface area (TPSA) is 55.2 Å². The summed E-state index contributed by atoms with van der Waals surface area (Å²) in [5.41, 5.74) is 1.53. The van der Waals surface area contributed by atoms with Crippen LogP contribution in [0.1, 0.15) is 25.0 Å². The minimum atomic E-state index is -0.343. The number of nitro groups is 1. The Morgan fingerprint density at radius 1 is 1.40 bits per heavy atom. The van der Waals surface area contributed by atoms with Gasteiger partial charge in [0.25, 0.3) is 5.69 Å². The molecule has 1 N–H and O–H groups in total. The average Bonchev–Trinajstić information content (AvgIpc) is 2.17. The van der Waals surface area contributed by atoms with Crippen LogP contribution in [0.2, 0.25) is 0 Å². The van der Waals surface area contributed by atoms with Crippen molar-refractivity contribution >= 4 is 5.69 Å². The molecule has 0 unspecified atom stereocenters. The van der Waals surface area contributed by atoms with Gasteiger partial charge in [0.05, 0.1) is 4.92 Å². The number of hydrogen-bond acceptors (Lipinski definition) is 3. The lowest BCUT2D eigenvalue weighted by Gasteiger charge is -2.24. The first-order chi connectivity index (χ1) is 6.88. The third kappa shape index (κ3) is 2.33. The third-order valence-electron chi connectivity index (χ3n) is 2.75. The fourth-order valence-electron chi connectivity index (χ4n) is 1.34. The van der Waals surface area contributed by atoms with Gasteiger partial charge in [0.1, 0.15) is 0 Å². The smallest absolute Gasteiger partial charge is 0.272 e. The van der Waals surface area contributed by atoms with Crippen LogP contribution in [0, 0.1) is 17.0 Å². The summed E-state index contributed by atoms with van der Waals surface area (Å²) in [4.78, 5) is 10.4. The Labute approximate surface area is 89.5 Å². The SMILES string of the molecule is CNC(C)(C)c1ccc(C)c([N+](=O)[O-])c1. The van der Waals surface area contributed by atoms with Crippen molar-refractivity contribution in [1.82, 2.24) is 5.32 Å². The number of nitro benzene ring substituents is 1. The maximum absolute atomic E-state index is 10.8. The minimum absolute atomic E-state index is 0.177. The van der Waals surface area contributed by atoms with Gasteiger partial charge in [-0.15, -0.1) is 0 Å². The van der Waals surface area contributed by atoms with E-state index in [1.165, 1.54) is 0 Å². The first-order valence-corrected chi connectivity index (χ1v) is 4.83. The van der Waals surface area contributed by atoms with Crippen LogP contribution in [-0.2, 0) is 5.54 Å². The molecule has 0 fully saturated rings. The van der Waals surface area contributed by atoms with E-state index < -0.39 is 0 Å². The normalized spacial score (nSPS) is 11.5. The van der Waals surface area contributed by atoms with Gasteiger partial charge < -0.3 is 5.32 Å². The zero-order valence-electron chi connectivity index (χ0n) is 9.50. The van der Waals surface area contributed by atoms with Gasteiger partial charge >= 0.3 is 0 Å². The average molecular weight is 208 g/mol. The second-order valence-electron chi connectivity index (χ2n) is 4.13. The Balaban J connectivity index is 3.25. The second kappa shape index (κ2) is 3.98. The molecule has 15 heavy (non-hydrogen) atoms. The number of benzene rings is 1. The van der Waals surface area contributed by atoms with Crippen molar-refractivity contribution in [2.24, 2.45) is 0 Å². The molecule has 0 atom stereocenters. The molecule has 4 nitrogen and oxygen atoms in total. The quantitative estimate of drug-likeness (QED) is 0.612. The van der Waals surface area contributed by atoms with Crippen molar-refractivity contribution in [2.45, 2.75) is 26.3 Å². The Hall–Kier alpha value is -1.42. The van der Waals surface area contributed by atoms with Crippen molar-refractivity contribution < 1.29 is 4.92 Å². The van der Waals surface area contributed by atoms with E-state index in [1.54, 1.807) is 19.1 Å². The van der Waals surface area contributed by atoms with Gasteiger partial charge in [0.15, 0.2) is 0 Å². The summed E-state index contributed by atoms with van der Waals surface area (Å²) in [5, 5.41) is 13.9. The summed E-state index contributed by atoms with van der Waals surface area (Å²) in [6.07, 6.45) is 0. The molecule has 0 saturated heterocycles. The molecule has 0 radical (unpaired) electrons. The maximum Gasteiger partial charge on any atom is 0.272 e. The molecule has 0 aliphatic heterocycles. The monoisotopic (exact) mass is 208 g/mol. The molecule has 0 bridgehead atoms. The van der Waals surface area contributed by atoms with Gasteiger partial charge in [-0.25, -0.2) is 0 Å². The van der Waals surface area contributed by atoms with Crippen LogP contribution in [0.3, 0.4) is 0 Å². The van der Waals surface area contributed by atoms with Crippen LogP contribution in [0.5, 0.6) is 0 Å². The number of aryl methyl sites for hydroxylation is 1. The summed E-state index contributed by atoms with van der Waals surface area (Å²) < 4.78 is 0. The van der Waals surface area contributed by atoms with Gasteiger partial charge in [-0.1, -0.05) is 12.1 Å². The standard InChI is InChI=1S/C11H16N2O2/c1-8-5-6-9(11(2,3)12-4)7-10(8)13(14)15/h5-7,12H,1-4H3. The van der Waals surface area contributed by atoms with E-state index in [1.807, 2.05) is 27.0 Å². The predicted octanol–water partition coefficient (Wildman–Crippen LogP) is 2.36. The summed E-state index contributed by atoms with van der Waals surface area (Å²) in [6.45, 7) is 5.72. The van der Waals surface area contributed by atoms with Crippen molar-refractivity contribution in [3.8, 4) is 0 Å². The number of nitrogens with zero attached hydrogens (tertiary/aromatic N) is 1. The number of nitrogens with one attached hydrogen (secondary N) is 1. The van der Waals surface area contributed by atoms with Crippen molar-refractivity contribution in [3.63, 3.8) is 0 Å². The molecule has 0 aromatic heterocycles. The first kappa shape index (κ1) is 11.7. The molecule has 0 aliphatic rings. The van der Waals surface area contributed by atoms with E-state index >= 15 is 0 Å². The highest BCUT2D eigenvalue weighted by Gasteiger charge is 2.21. The largest absolute Gasteiger partial charge is 0.311 e. The molecule has 1 aromatic carbocycles. The lowest BCUT2D eigenvalue weighted by Crippen LogP contribution is -2.33. The zero-order chi connectivity index (χ0) is 11.6. The van der Waals surface area contributed by atoms with E-state index in [-0.39, 0.29) is 16.1 Å². The fraction of sp³-hybridized carbons (Fsp3) is 0.455. The van der Waals surface area contributed by atoms with Gasteiger partial charge in [0.2, 0.25) is 0 Å². The Morgan fingerprint density at radius 3 is 2.47 bits per heavy atom.